The van der Waals surface area contributed by atoms with E-state index in [0.717, 1.165) is 0 Å². The van der Waals surface area contributed by atoms with Crippen LogP contribution >= 0.6 is 22.9 Å². The van der Waals surface area contributed by atoms with Crippen molar-refractivity contribution < 1.29 is 8.42 Å². The van der Waals surface area contributed by atoms with Crippen molar-refractivity contribution in [1.82, 2.24) is 0 Å². The van der Waals surface area contributed by atoms with Gasteiger partial charge in [-0.05, 0) is 6.42 Å². The Labute approximate surface area is 81.1 Å². The molecule has 1 heterocycles. The smallest absolute Gasteiger partial charge is 0.180 e. The van der Waals surface area contributed by atoms with Crippen LogP contribution in [0.1, 0.15) is 13.3 Å². The molecule has 0 fully saturated rings. The molecule has 0 saturated heterocycles. The van der Waals surface area contributed by atoms with Crippen LogP contribution in [0.25, 0.3) is 0 Å². The second-order valence-corrected chi connectivity index (χ2v) is 5.63. The maximum Gasteiger partial charge on any atom is 0.180 e. The molecule has 0 N–H and O–H groups in total. The molecule has 1 aromatic rings. The summed E-state index contributed by atoms with van der Waals surface area (Å²) in [6.07, 6.45) is 0.620. The minimum Gasteiger partial charge on any atom is -0.224 e. The van der Waals surface area contributed by atoms with Crippen LogP contribution in [-0.4, -0.2) is 14.2 Å². The van der Waals surface area contributed by atoms with Crippen LogP contribution in [0.3, 0.4) is 0 Å². The molecule has 0 atom stereocenters. The van der Waals surface area contributed by atoms with Crippen molar-refractivity contribution in [2.75, 3.05) is 5.75 Å². The Morgan fingerprint density at radius 2 is 2.17 bits per heavy atom. The predicted octanol–water partition coefficient (Wildman–Crippen LogP) is 2.59. The molecule has 0 radical (unpaired) electrons. The van der Waals surface area contributed by atoms with E-state index >= 15 is 0 Å². The van der Waals surface area contributed by atoms with Gasteiger partial charge in [-0.25, -0.2) is 8.42 Å². The molecule has 12 heavy (non-hydrogen) atoms. The van der Waals surface area contributed by atoms with Crippen LogP contribution in [0.4, 0.5) is 0 Å². The lowest BCUT2D eigenvalue weighted by molar-refractivity contribution is 0.595. The summed E-state index contributed by atoms with van der Waals surface area (Å²) in [6, 6.07) is 0. The molecule has 0 aliphatic heterocycles. The highest BCUT2D eigenvalue weighted by Crippen LogP contribution is 2.26. The van der Waals surface area contributed by atoms with E-state index in [1.54, 1.807) is 10.8 Å². The minimum absolute atomic E-state index is 0.170. The molecule has 0 saturated carbocycles. The molecule has 0 unspecified atom stereocenters. The maximum atomic E-state index is 11.4. The van der Waals surface area contributed by atoms with Crippen LogP contribution in [0.15, 0.2) is 15.7 Å². The second kappa shape index (κ2) is 3.77. The predicted molar refractivity (Wildman–Crippen MR) is 51.7 cm³/mol. The zero-order valence-corrected chi connectivity index (χ0v) is 8.97. The largest absolute Gasteiger partial charge is 0.224 e. The van der Waals surface area contributed by atoms with Gasteiger partial charge in [0.25, 0.3) is 0 Å². The van der Waals surface area contributed by atoms with Crippen LogP contribution in [0.5, 0.6) is 0 Å². The van der Waals surface area contributed by atoms with Gasteiger partial charge in [-0.1, -0.05) is 18.5 Å². The van der Waals surface area contributed by atoms with Gasteiger partial charge in [0.15, 0.2) is 9.84 Å². The summed E-state index contributed by atoms with van der Waals surface area (Å²) >= 11 is 7.00. The zero-order valence-electron chi connectivity index (χ0n) is 6.58. The van der Waals surface area contributed by atoms with Gasteiger partial charge in [-0.3, -0.25) is 0 Å². The monoisotopic (exact) mass is 224 g/mol. The fourth-order valence-corrected chi connectivity index (χ4v) is 4.00. The average molecular weight is 225 g/mol. The first-order valence-electron chi connectivity index (χ1n) is 3.52. The second-order valence-electron chi connectivity index (χ2n) is 2.40. The lowest BCUT2D eigenvalue weighted by Crippen LogP contribution is -2.04. The van der Waals surface area contributed by atoms with Crippen LogP contribution in [0.2, 0.25) is 5.02 Å². The van der Waals surface area contributed by atoms with Crippen molar-refractivity contribution >= 4 is 32.8 Å². The van der Waals surface area contributed by atoms with E-state index in [2.05, 4.69) is 0 Å². The van der Waals surface area contributed by atoms with Gasteiger partial charge in [0.05, 0.1) is 15.7 Å². The van der Waals surface area contributed by atoms with Crippen molar-refractivity contribution in [3.63, 3.8) is 0 Å². The molecule has 68 valence electrons. The summed E-state index contributed by atoms with van der Waals surface area (Å²) in [5.74, 6) is 0.170. The molecule has 0 spiro atoms. The van der Waals surface area contributed by atoms with Gasteiger partial charge < -0.3 is 0 Å². The summed E-state index contributed by atoms with van der Waals surface area (Å²) in [4.78, 5) is 0.274. The molecule has 0 aliphatic carbocycles. The van der Waals surface area contributed by atoms with Crippen molar-refractivity contribution in [2.24, 2.45) is 0 Å². The van der Waals surface area contributed by atoms with E-state index in [9.17, 15) is 8.42 Å². The molecule has 1 aromatic heterocycles. The van der Waals surface area contributed by atoms with Crippen molar-refractivity contribution in [3.05, 3.63) is 15.8 Å². The first-order chi connectivity index (χ1) is 5.58. The summed E-state index contributed by atoms with van der Waals surface area (Å²) in [5.41, 5.74) is 0. The zero-order chi connectivity index (χ0) is 9.19. The molecule has 0 bridgehead atoms. The fraction of sp³-hybridized carbons (Fsp3) is 0.429. The number of hydrogen-bond donors (Lipinski definition) is 0. The van der Waals surface area contributed by atoms with Crippen LogP contribution < -0.4 is 0 Å². The third-order valence-electron chi connectivity index (χ3n) is 1.39. The Hall–Kier alpha value is -0.0600. The van der Waals surface area contributed by atoms with E-state index in [1.165, 1.54) is 11.3 Å². The first kappa shape index (κ1) is 10.0. The lowest BCUT2D eigenvalue weighted by atomic mass is 10.6. The Bertz CT molecular complexity index is 353. The third kappa shape index (κ3) is 2.00. The normalized spacial score (nSPS) is 11.8. The van der Waals surface area contributed by atoms with Gasteiger partial charge in [0, 0.05) is 10.8 Å². The standard InChI is InChI=1S/C7H9ClO2S2/c1-2-3-12(9,10)7-5-11-4-6(7)8/h4-5H,2-3H2,1H3. The van der Waals surface area contributed by atoms with E-state index in [0.29, 0.717) is 11.4 Å². The summed E-state index contributed by atoms with van der Waals surface area (Å²) in [6.45, 7) is 1.83. The topological polar surface area (TPSA) is 34.1 Å². The molecule has 0 amide bonds. The van der Waals surface area contributed by atoms with Gasteiger partial charge in [-0.15, -0.1) is 11.3 Å². The van der Waals surface area contributed by atoms with E-state index in [-0.39, 0.29) is 10.6 Å². The Morgan fingerprint density at radius 1 is 1.50 bits per heavy atom. The van der Waals surface area contributed by atoms with Crippen molar-refractivity contribution in [1.29, 1.82) is 0 Å². The van der Waals surface area contributed by atoms with Crippen molar-refractivity contribution in [3.8, 4) is 0 Å². The number of sulfone groups is 1. The first-order valence-corrected chi connectivity index (χ1v) is 6.49. The van der Waals surface area contributed by atoms with Gasteiger partial charge >= 0.3 is 0 Å². The summed E-state index contributed by atoms with van der Waals surface area (Å²) in [5, 5.41) is 3.55. The van der Waals surface area contributed by atoms with E-state index in [1.807, 2.05) is 6.92 Å². The summed E-state index contributed by atoms with van der Waals surface area (Å²) in [7, 11) is -3.12. The van der Waals surface area contributed by atoms with E-state index in [4.69, 9.17) is 11.6 Å². The molecular formula is C7H9ClO2S2. The summed E-state index contributed by atoms with van der Waals surface area (Å²) < 4.78 is 22.9. The number of rotatable bonds is 3. The SMILES string of the molecule is CCCS(=O)(=O)c1cscc1Cl. The van der Waals surface area contributed by atoms with Crippen LogP contribution in [-0.2, 0) is 9.84 Å². The average Bonchev–Trinajstić information content (AvgIpc) is 2.35. The number of halogens is 1. The molecule has 0 aliphatic rings. The minimum atomic E-state index is -3.12. The highest BCUT2D eigenvalue weighted by molar-refractivity contribution is 7.91. The van der Waals surface area contributed by atoms with E-state index < -0.39 is 9.84 Å². The molecule has 2 nitrogen and oxygen atoms in total. The number of hydrogen-bond acceptors (Lipinski definition) is 3. The molecule has 5 heteroatoms. The molecule has 1 rings (SSSR count). The van der Waals surface area contributed by atoms with Crippen molar-refractivity contribution in [2.45, 2.75) is 18.2 Å². The highest BCUT2D eigenvalue weighted by atomic mass is 35.5. The Morgan fingerprint density at radius 3 is 2.58 bits per heavy atom. The van der Waals surface area contributed by atoms with Crippen LogP contribution in [0, 0.1) is 0 Å². The Balaban J connectivity index is 3.06. The highest BCUT2D eigenvalue weighted by Gasteiger charge is 2.17. The van der Waals surface area contributed by atoms with Gasteiger partial charge in [0.2, 0.25) is 0 Å². The van der Waals surface area contributed by atoms with Gasteiger partial charge in [-0.2, -0.15) is 0 Å². The molecule has 0 aromatic carbocycles. The maximum absolute atomic E-state index is 11.4. The quantitative estimate of drug-likeness (QED) is 0.791. The number of thiophene rings is 1. The lowest BCUT2D eigenvalue weighted by Gasteiger charge is -1.98. The fourth-order valence-electron chi connectivity index (χ4n) is 0.870. The Kier molecular flexibility index (Phi) is 3.15. The third-order valence-corrected chi connectivity index (χ3v) is 4.79. The van der Waals surface area contributed by atoms with Gasteiger partial charge in [0.1, 0.15) is 0 Å². The molecular weight excluding hydrogens is 216 g/mol.